The summed E-state index contributed by atoms with van der Waals surface area (Å²) in [6.07, 6.45) is 0. The molecule has 16 rings (SSSR count). The van der Waals surface area contributed by atoms with Gasteiger partial charge in [0.15, 0.2) is 5.58 Å². The van der Waals surface area contributed by atoms with E-state index in [1.165, 1.54) is 30.9 Å². The summed E-state index contributed by atoms with van der Waals surface area (Å²) in [6.45, 7) is 9.63. The molecule has 0 saturated heterocycles. The molecule has 0 amide bonds. The largest absolute Gasteiger partial charge is 0.454 e. The van der Waals surface area contributed by atoms with E-state index in [-0.39, 0.29) is 0 Å². The number of furan rings is 1. The maximum absolute atomic E-state index is 12.3. The van der Waals surface area contributed by atoms with Crippen molar-refractivity contribution < 1.29 is 4.42 Å². The molecule has 5 nitrogen and oxygen atoms in total. The lowest BCUT2D eigenvalue weighted by Gasteiger charge is -2.25. The van der Waals surface area contributed by atoms with Crippen LogP contribution in [0.25, 0.3) is 155 Å². The molecule has 0 radical (unpaired) electrons. The molecule has 0 saturated carbocycles. The highest BCUT2D eigenvalue weighted by atomic mass is 32.1. The molecule has 75 heavy (non-hydrogen) atoms. The van der Waals surface area contributed by atoms with Crippen LogP contribution >= 0.6 is 22.7 Å². The summed E-state index contributed by atoms with van der Waals surface area (Å²) in [4.78, 5) is 4.69. The molecular formula is C68H36N4OS2. The number of aromatic nitrogens is 2. The Morgan fingerprint density at radius 1 is 0.413 bits per heavy atom. The molecule has 346 valence electrons. The number of nitrogens with zero attached hydrogens (tertiary/aromatic N) is 4. The molecule has 5 aromatic heterocycles. The predicted octanol–water partition coefficient (Wildman–Crippen LogP) is 19.9. The van der Waals surface area contributed by atoms with Crippen LogP contribution in [0.5, 0.6) is 0 Å². The first-order chi connectivity index (χ1) is 37.2. The van der Waals surface area contributed by atoms with E-state index in [1.807, 2.05) is 36.4 Å². The molecular weight excluding hydrogens is 953 g/mol. The quantitative estimate of drug-likeness (QED) is 0.161. The second-order valence-corrected chi connectivity index (χ2v) is 21.3. The summed E-state index contributed by atoms with van der Waals surface area (Å²) >= 11 is 3.60. The van der Waals surface area contributed by atoms with Crippen LogP contribution in [0, 0.1) is 17.9 Å². The molecule has 0 atom stereocenters. The maximum Gasteiger partial charge on any atom is 0.221 e. The third-order valence-electron chi connectivity index (χ3n) is 15.4. The predicted molar refractivity (Wildman–Crippen MR) is 315 cm³/mol. The Morgan fingerprint density at radius 3 is 1.51 bits per heavy atom. The van der Waals surface area contributed by atoms with E-state index in [1.54, 1.807) is 22.7 Å². The zero-order valence-electron chi connectivity index (χ0n) is 39.8. The van der Waals surface area contributed by atoms with E-state index in [2.05, 4.69) is 197 Å². The van der Waals surface area contributed by atoms with Crippen molar-refractivity contribution in [1.82, 2.24) is 9.13 Å². The Balaban J connectivity index is 1.15. The van der Waals surface area contributed by atoms with E-state index in [0.29, 0.717) is 22.5 Å². The number of benzene rings is 11. The Bertz CT molecular complexity index is 4990. The van der Waals surface area contributed by atoms with Crippen molar-refractivity contribution in [3.63, 3.8) is 0 Å². The van der Waals surface area contributed by atoms with Gasteiger partial charge >= 0.3 is 0 Å². The maximum atomic E-state index is 12.3. The van der Waals surface area contributed by atoms with E-state index in [4.69, 9.17) is 9.26 Å². The fourth-order valence-electron chi connectivity index (χ4n) is 12.2. The molecule has 0 unspecified atom stereocenters. The van der Waals surface area contributed by atoms with Crippen LogP contribution in [0.15, 0.2) is 223 Å². The van der Waals surface area contributed by atoms with Gasteiger partial charge in [-0.25, -0.2) is 4.85 Å². The third kappa shape index (κ3) is 5.79. The number of nitriles is 1. The van der Waals surface area contributed by atoms with Gasteiger partial charge in [0.05, 0.1) is 55.0 Å². The molecule has 0 N–H and O–H groups in total. The van der Waals surface area contributed by atoms with E-state index in [9.17, 15) is 11.8 Å². The van der Waals surface area contributed by atoms with Crippen LogP contribution in [0.2, 0.25) is 0 Å². The van der Waals surface area contributed by atoms with Gasteiger partial charge in [-0.15, -0.1) is 22.7 Å². The molecule has 0 bridgehead atoms. The Kier molecular flexibility index (Phi) is 8.85. The molecule has 0 aliphatic rings. The highest BCUT2D eigenvalue weighted by Gasteiger charge is 2.33. The summed E-state index contributed by atoms with van der Waals surface area (Å²) in [7, 11) is 0. The lowest BCUT2D eigenvalue weighted by molar-refractivity contribution is 0.671. The Morgan fingerprint density at radius 2 is 0.907 bits per heavy atom. The highest BCUT2D eigenvalue weighted by Crippen LogP contribution is 2.55. The van der Waals surface area contributed by atoms with Crippen molar-refractivity contribution in [2.75, 3.05) is 0 Å². The molecule has 16 aromatic rings. The molecule has 0 fully saturated rings. The van der Waals surface area contributed by atoms with Crippen LogP contribution in [0.1, 0.15) is 5.56 Å². The van der Waals surface area contributed by atoms with Gasteiger partial charge in [-0.2, -0.15) is 5.26 Å². The average molecular weight is 989 g/mol. The van der Waals surface area contributed by atoms with Gasteiger partial charge in [0, 0.05) is 74.4 Å². The highest BCUT2D eigenvalue weighted by molar-refractivity contribution is 7.27. The van der Waals surface area contributed by atoms with Crippen LogP contribution in [0.3, 0.4) is 0 Å². The van der Waals surface area contributed by atoms with E-state index < -0.39 is 0 Å². The van der Waals surface area contributed by atoms with Gasteiger partial charge in [-0.05, 0) is 58.7 Å². The van der Waals surface area contributed by atoms with Gasteiger partial charge in [-0.3, -0.25) is 0 Å². The number of fused-ring (bicyclic) bond motifs is 18. The topological polar surface area (TPSA) is 51.1 Å². The van der Waals surface area contributed by atoms with Gasteiger partial charge in [0.25, 0.3) is 0 Å². The first kappa shape index (κ1) is 41.8. The standard InChI is InChI=1S/C68H36N4OS2/c1-70-60-59(41-21-9-4-10-22-41)65(72-63-48(32-35-51-45-24-12-15-27-56(45)74-67(51)63)49-33-36-52-46-25-13-16-28-57(46)75-68(52)64(49)72)58(40-19-7-3-8-20-40)53(38-69)61(60)71-54-26-14-11-23-43(54)47-31-34-50-44-30-29-42(39-17-5-2-6-18-39)37-55(44)73-66(50)62(47)71/h2-37H. The van der Waals surface area contributed by atoms with Gasteiger partial charge in [0.1, 0.15) is 11.7 Å². The monoisotopic (exact) mass is 988 g/mol. The van der Waals surface area contributed by atoms with Gasteiger partial charge in [0.2, 0.25) is 5.69 Å². The number of hydrogen-bond donors (Lipinski definition) is 0. The minimum atomic E-state index is 0.372. The fourth-order valence-corrected chi connectivity index (χ4v) is 14.7. The zero-order chi connectivity index (χ0) is 49.5. The van der Waals surface area contributed by atoms with Crippen LogP contribution in [-0.2, 0) is 0 Å². The molecule has 0 aliphatic carbocycles. The second kappa shape index (κ2) is 15.9. The Labute approximate surface area is 436 Å². The van der Waals surface area contributed by atoms with E-state index in [0.717, 1.165) is 108 Å². The number of rotatable bonds is 5. The van der Waals surface area contributed by atoms with Crippen molar-refractivity contribution in [3.8, 4) is 50.8 Å². The lowest BCUT2D eigenvalue weighted by atomic mass is 9.88. The first-order valence-corrected chi connectivity index (χ1v) is 26.6. The Hall–Kier alpha value is -9.76. The van der Waals surface area contributed by atoms with Crippen molar-refractivity contribution in [1.29, 1.82) is 5.26 Å². The number of hydrogen-bond acceptors (Lipinski definition) is 4. The van der Waals surface area contributed by atoms with Crippen LogP contribution < -0.4 is 0 Å². The third-order valence-corrected chi connectivity index (χ3v) is 17.8. The summed E-state index contributed by atoms with van der Waals surface area (Å²) in [5.41, 5.74) is 12.7. The van der Waals surface area contributed by atoms with Gasteiger partial charge in [-0.1, -0.05) is 182 Å². The average Bonchev–Trinajstić information content (AvgIpc) is 4.33. The van der Waals surface area contributed by atoms with Crippen LogP contribution in [0.4, 0.5) is 5.69 Å². The van der Waals surface area contributed by atoms with Crippen molar-refractivity contribution in [2.24, 2.45) is 0 Å². The molecule has 5 heterocycles. The van der Waals surface area contributed by atoms with Crippen molar-refractivity contribution in [2.45, 2.75) is 0 Å². The molecule has 7 heteroatoms. The summed E-state index contributed by atoms with van der Waals surface area (Å²) < 4.78 is 16.4. The minimum Gasteiger partial charge on any atom is -0.454 e. The SMILES string of the molecule is [C-]#[N+]c1c(-c2ccccc2)c(-n2c3c(ccc4c5ccccc5sc43)c3ccc4c5ccccc5sc4c32)c(-c2ccccc2)c(C#N)c1-n1c2ccccc2c2ccc3c4ccc(-c5ccccc5)cc4oc3c21. The van der Waals surface area contributed by atoms with Gasteiger partial charge < -0.3 is 13.6 Å². The van der Waals surface area contributed by atoms with Crippen molar-refractivity contribution >= 4 is 134 Å². The van der Waals surface area contributed by atoms with E-state index >= 15 is 0 Å². The summed E-state index contributed by atoms with van der Waals surface area (Å²) in [6, 6.07) is 79.5. The number of para-hydroxylation sites is 1. The smallest absolute Gasteiger partial charge is 0.221 e. The fraction of sp³-hybridized carbons (Fsp3) is 0. The summed E-state index contributed by atoms with van der Waals surface area (Å²) in [5.74, 6) is 0. The second-order valence-electron chi connectivity index (χ2n) is 19.2. The lowest BCUT2D eigenvalue weighted by Crippen LogP contribution is -2.08. The summed E-state index contributed by atoms with van der Waals surface area (Å²) in [5, 5.41) is 23.2. The number of thiophene rings is 2. The molecule has 0 spiro atoms. The van der Waals surface area contributed by atoms with Crippen molar-refractivity contribution in [3.05, 3.63) is 235 Å². The normalized spacial score (nSPS) is 12.0. The molecule has 11 aromatic carbocycles. The molecule has 0 aliphatic heterocycles. The zero-order valence-corrected chi connectivity index (χ0v) is 41.4. The minimum absolute atomic E-state index is 0.372. The van der Waals surface area contributed by atoms with Crippen LogP contribution in [-0.4, -0.2) is 9.13 Å². The first-order valence-electron chi connectivity index (χ1n) is 24.9.